The van der Waals surface area contributed by atoms with E-state index < -0.39 is 21.3 Å². The van der Waals surface area contributed by atoms with Gasteiger partial charge in [-0.15, -0.1) is 0 Å². The Labute approximate surface area is 165 Å². The molecule has 4 rings (SSSR count). The predicted octanol–water partition coefficient (Wildman–Crippen LogP) is 4.88. The molecule has 0 aliphatic carbocycles. The van der Waals surface area contributed by atoms with Crippen LogP contribution in [0.5, 0.6) is 5.75 Å². The summed E-state index contributed by atoms with van der Waals surface area (Å²) in [6, 6.07) is 20.6. The Morgan fingerprint density at radius 1 is 0.821 bits per heavy atom. The van der Waals surface area contributed by atoms with Crippen LogP contribution in [-0.2, 0) is 10.1 Å². The average molecular weight is 413 g/mol. The zero-order valence-corrected chi connectivity index (χ0v) is 15.9. The average Bonchev–Trinajstić information content (AvgIpc) is 2.71. The Morgan fingerprint density at radius 3 is 2.18 bits per heavy atom. The summed E-state index contributed by atoms with van der Waals surface area (Å²) in [7, 11) is -4.23. The van der Waals surface area contributed by atoms with Crippen LogP contribution in [0.3, 0.4) is 0 Å². The lowest BCUT2D eigenvalue weighted by atomic mass is 10.1. The molecule has 28 heavy (non-hydrogen) atoms. The van der Waals surface area contributed by atoms with Crippen molar-refractivity contribution in [1.29, 1.82) is 0 Å². The molecule has 0 atom stereocenters. The van der Waals surface area contributed by atoms with Crippen LogP contribution in [0.4, 0.5) is 0 Å². The van der Waals surface area contributed by atoms with Crippen LogP contribution in [-0.4, -0.2) is 8.42 Å². The Morgan fingerprint density at radius 2 is 1.46 bits per heavy atom. The van der Waals surface area contributed by atoms with Gasteiger partial charge in [-0.1, -0.05) is 41.9 Å². The maximum Gasteiger partial charge on any atom is 0.339 e. The molecule has 5 nitrogen and oxygen atoms in total. The third-order valence-corrected chi connectivity index (χ3v) is 5.58. The van der Waals surface area contributed by atoms with Crippen molar-refractivity contribution in [3.63, 3.8) is 0 Å². The number of hydrogen-bond donors (Lipinski definition) is 0. The van der Waals surface area contributed by atoms with Gasteiger partial charge in [0.2, 0.25) is 11.2 Å². The standard InChI is InChI=1S/C21H13ClO5S/c22-15-12-10-14(11-13-15)20-21(19(23)17-8-4-5-9-18(17)26-20)27-28(24,25)16-6-2-1-3-7-16/h1-13H. The van der Waals surface area contributed by atoms with E-state index in [1.807, 2.05) is 0 Å². The minimum atomic E-state index is -4.23. The van der Waals surface area contributed by atoms with E-state index in [1.54, 1.807) is 66.7 Å². The molecule has 1 aromatic heterocycles. The van der Waals surface area contributed by atoms with Crippen LogP contribution in [0.1, 0.15) is 0 Å². The van der Waals surface area contributed by atoms with Crippen LogP contribution in [0.25, 0.3) is 22.3 Å². The van der Waals surface area contributed by atoms with E-state index in [0.717, 1.165) is 0 Å². The first kappa shape index (κ1) is 18.3. The molecule has 1 heterocycles. The first-order valence-corrected chi connectivity index (χ1v) is 10.1. The number of para-hydroxylation sites is 1. The Balaban J connectivity index is 1.96. The van der Waals surface area contributed by atoms with Gasteiger partial charge in [0.25, 0.3) is 0 Å². The summed E-state index contributed by atoms with van der Waals surface area (Å²) in [4.78, 5) is 13.0. The van der Waals surface area contributed by atoms with Gasteiger partial charge in [-0.25, -0.2) is 0 Å². The summed E-state index contributed by atoms with van der Waals surface area (Å²) in [5, 5.41) is 0.713. The molecule has 0 saturated heterocycles. The molecule has 3 aromatic carbocycles. The molecular weight excluding hydrogens is 400 g/mol. The molecular formula is C21H13ClO5S. The Bertz CT molecular complexity index is 1310. The molecule has 140 valence electrons. The second kappa shape index (κ2) is 7.14. The van der Waals surface area contributed by atoms with E-state index in [9.17, 15) is 13.2 Å². The number of benzene rings is 3. The summed E-state index contributed by atoms with van der Waals surface area (Å²) in [5.74, 6) is -0.384. The zero-order valence-electron chi connectivity index (χ0n) is 14.3. The monoisotopic (exact) mass is 412 g/mol. The molecule has 4 aromatic rings. The third kappa shape index (κ3) is 3.40. The molecule has 0 amide bonds. The van der Waals surface area contributed by atoms with Crippen molar-refractivity contribution in [2.45, 2.75) is 4.90 Å². The second-order valence-electron chi connectivity index (χ2n) is 5.94. The lowest BCUT2D eigenvalue weighted by Crippen LogP contribution is -2.16. The SMILES string of the molecule is O=c1c(OS(=O)(=O)c2ccccc2)c(-c2ccc(Cl)cc2)oc2ccccc12. The normalized spacial score (nSPS) is 11.5. The Hall–Kier alpha value is -3.09. The van der Waals surface area contributed by atoms with Crippen LogP contribution >= 0.6 is 11.6 Å². The van der Waals surface area contributed by atoms with Gasteiger partial charge in [-0.3, -0.25) is 4.79 Å². The molecule has 7 heteroatoms. The highest BCUT2D eigenvalue weighted by Crippen LogP contribution is 2.33. The minimum absolute atomic E-state index is 0.0138. The first-order chi connectivity index (χ1) is 13.5. The highest BCUT2D eigenvalue weighted by atomic mass is 35.5. The highest BCUT2D eigenvalue weighted by molar-refractivity contribution is 7.87. The van der Waals surface area contributed by atoms with E-state index in [-0.39, 0.29) is 16.0 Å². The summed E-state index contributed by atoms with van der Waals surface area (Å²) < 4.78 is 36.5. The van der Waals surface area contributed by atoms with Gasteiger partial charge in [0.15, 0.2) is 5.76 Å². The maximum atomic E-state index is 13.0. The van der Waals surface area contributed by atoms with Gasteiger partial charge < -0.3 is 8.60 Å². The highest BCUT2D eigenvalue weighted by Gasteiger charge is 2.24. The lowest BCUT2D eigenvalue weighted by molar-refractivity contribution is 0.472. The Kier molecular flexibility index (Phi) is 4.66. The van der Waals surface area contributed by atoms with Gasteiger partial charge in [0.05, 0.1) is 5.39 Å². The smallest absolute Gasteiger partial charge is 0.339 e. The number of halogens is 1. The van der Waals surface area contributed by atoms with Gasteiger partial charge >= 0.3 is 10.1 Å². The summed E-state index contributed by atoms with van der Waals surface area (Å²) in [6.45, 7) is 0. The number of hydrogen-bond acceptors (Lipinski definition) is 5. The van der Waals surface area contributed by atoms with Gasteiger partial charge in [-0.05, 0) is 48.5 Å². The second-order valence-corrected chi connectivity index (χ2v) is 7.93. The lowest BCUT2D eigenvalue weighted by Gasteiger charge is -2.12. The van der Waals surface area contributed by atoms with Gasteiger partial charge in [0.1, 0.15) is 10.5 Å². The topological polar surface area (TPSA) is 73.6 Å². The summed E-state index contributed by atoms with van der Waals surface area (Å²) >= 11 is 5.93. The van der Waals surface area contributed by atoms with Crippen LogP contribution in [0, 0.1) is 0 Å². The fraction of sp³-hybridized carbons (Fsp3) is 0. The fourth-order valence-corrected chi connectivity index (χ4v) is 3.82. The van der Waals surface area contributed by atoms with Crippen molar-refractivity contribution in [2.24, 2.45) is 0 Å². The van der Waals surface area contributed by atoms with E-state index in [0.29, 0.717) is 16.2 Å². The van der Waals surface area contributed by atoms with Crippen molar-refractivity contribution >= 4 is 32.7 Å². The maximum absolute atomic E-state index is 13.0. The van der Waals surface area contributed by atoms with E-state index in [4.69, 9.17) is 20.2 Å². The van der Waals surface area contributed by atoms with Gasteiger partial charge in [0, 0.05) is 10.6 Å². The van der Waals surface area contributed by atoms with Crippen molar-refractivity contribution in [2.75, 3.05) is 0 Å². The van der Waals surface area contributed by atoms with E-state index in [2.05, 4.69) is 0 Å². The molecule has 0 N–H and O–H groups in total. The van der Waals surface area contributed by atoms with Crippen LogP contribution < -0.4 is 9.61 Å². The minimum Gasteiger partial charge on any atom is -0.452 e. The largest absolute Gasteiger partial charge is 0.452 e. The quantitative estimate of drug-likeness (QED) is 0.446. The third-order valence-electron chi connectivity index (χ3n) is 4.09. The molecule has 0 fully saturated rings. The predicted molar refractivity (Wildman–Crippen MR) is 107 cm³/mol. The molecule has 0 saturated carbocycles. The molecule has 0 unspecified atom stereocenters. The van der Waals surface area contributed by atoms with Crippen LogP contribution in [0.2, 0.25) is 5.02 Å². The van der Waals surface area contributed by atoms with Crippen molar-refractivity contribution in [1.82, 2.24) is 0 Å². The van der Waals surface area contributed by atoms with Crippen molar-refractivity contribution in [3.8, 4) is 17.1 Å². The number of fused-ring (bicyclic) bond motifs is 1. The fourth-order valence-electron chi connectivity index (χ4n) is 2.74. The summed E-state index contributed by atoms with van der Waals surface area (Å²) in [6.07, 6.45) is 0. The molecule has 0 spiro atoms. The molecule has 0 aliphatic rings. The van der Waals surface area contributed by atoms with Crippen molar-refractivity contribution in [3.05, 3.63) is 94.1 Å². The van der Waals surface area contributed by atoms with Gasteiger partial charge in [-0.2, -0.15) is 8.42 Å². The zero-order chi connectivity index (χ0) is 19.7. The molecule has 0 radical (unpaired) electrons. The van der Waals surface area contributed by atoms with E-state index in [1.165, 1.54) is 12.1 Å². The molecule has 0 bridgehead atoms. The van der Waals surface area contributed by atoms with E-state index >= 15 is 0 Å². The number of rotatable bonds is 4. The van der Waals surface area contributed by atoms with Crippen molar-refractivity contribution < 1.29 is 17.0 Å². The summed E-state index contributed by atoms with van der Waals surface area (Å²) in [5.41, 5.74) is 0.207. The van der Waals surface area contributed by atoms with Crippen LogP contribution in [0.15, 0.2) is 93.0 Å². The molecule has 0 aliphatic heterocycles. The first-order valence-electron chi connectivity index (χ1n) is 8.27.